The molecule has 0 spiro atoms. The number of sulfonamides is 1. The van der Waals surface area contributed by atoms with Crippen LogP contribution in [-0.2, 0) is 10.0 Å². The van der Waals surface area contributed by atoms with Gasteiger partial charge in [-0.2, -0.15) is 0 Å². The number of nitrogen functional groups attached to an aromatic ring is 1. The molecule has 16 heavy (non-hydrogen) atoms. The van der Waals surface area contributed by atoms with Crippen LogP contribution in [-0.4, -0.2) is 27.1 Å². The number of hydrogen-bond donors (Lipinski definition) is 2. The summed E-state index contributed by atoms with van der Waals surface area (Å²) in [6.07, 6.45) is 1.16. The lowest BCUT2D eigenvalue weighted by molar-refractivity contribution is 0.598. The van der Waals surface area contributed by atoms with E-state index in [9.17, 15) is 8.42 Å². The average molecular weight is 241 g/mol. The third kappa shape index (κ3) is 2.73. The molecule has 0 bridgehead atoms. The van der Waals surface area contributed by atoms with Crippen LogP contribution in [0.4, 0.5) is 5.69 Å². The number of rotatable bonds is 4. The maximum absolute atomic E-state index is 11.4. The molecule has 0 aliphatic rings. The summed E-state index contributed by atoms with van der Waals surface area (Å²) in [5.74, 6) is -0.0334. The van der Waals surface area contributed by atoms with Gasteiger partial charge in [-0.1, -0.05) is 0 Å². The van der Waals surface area contributed by atoms with Crippen molar-refractivity contribution in [1.29, 1.82) is 5.41 Å². The van der Waals surface area contributed by atoms with Crippen LogP contribution < -0.4 is 10.0 Å². The van der Waals surface area contributed by atoms with Gasteiger partial charge in [0.15, 0.2) is 0 Å². The lowest BCUT2D eigenvalue weighted by Gasteiger charge is -2.20. The quantitative estimate of drug-likeness (QED) is 0.602. The van der Waals surface area contributed by atoms with Crippen LogP contribution in [0.3, 0.4) is 0 Å². The number of nitrogens with two attached hydrogens (primary N) is 1. The van der Waals surface area contributed by atoms with Crippen molar-refractivity contribution in [3.63, 3.8) is 0 Å². The van der Waals surface area contributed by atoms with Gasteiger partial charge in [-0.15, -0.1) is 0 Å². The van der Waals surface area contributed by atoms with Crippen molar-refractivity contribution >= 4 is 21.5 Å². The first-order valence-corrected chi connectivity index (χ1v) is 6.63. The first-order chi connectivity index (χ1) is 7.36. The van der Waals surface area contributed by atoms with Crippen LogP contribution in [0.5, 0.6) is 0 Å². The van der Waals surface area contributed by atoms with Gasteiger partial charge < -0.3 is 5.73 Å². The first kappa shape index (κ1) is 12.5. The standard InChI is InChI=1S/C10H15N3O2S/c1-3-13(16(2,14)15)9-6-4-8(5-7-9)10(11)12/h4-7H,3H2,1-2H3,(H3,11,12). The van der Waals surface area contributed by atoms with Gasteiger partial charge in [0.1, 0.15) is 5.84 Å². The number of nitrogens with zero attached hydrogens (tertiary/aromatic N) is 1. The van der Waals surface area contributed by atoms with E-state index in [4.69, 9.17) is 11.1 Å². The highest BCUT2D eigenvalue weighted by Crippen LogP contribution is 2.17. The molecule has 5 nitrogen and oxygen atoms in total. The molecule has 0 saturated carbocycles. The fourth-order valence-corrected chi connectivity index (χ4v) is 2.39. The molecule has 0 saturated heterocycles. The average Bonchev–Trinajstić information content (AvgIpc) is 2.17. The first-order valence-electron chi connectivity index (χ1n) is 4.78. The van der Waals surface area contributed by atoms with Crippen molar-refractivity contribution in [2.45, 2.75) is 6.92 Å². The zero-order valence-corrected chi connectivity index (χ0v) is 10.1. The Kier molecular flexibility index (Phi) is 3.54. The molecule has 0 amide bonds. The van der Waals surface area contributed by atoms with Crippen LogP contribution in [0.2, 0.25) is 0 Å². The molecule has 0 fully saturated rings. The van der Waals surface area contributed by atoms with Gasteiger partial charge in [0.2, 0.25) is 10.0 Å². The van der Waals surface area contributed by atoms with Crippen molar-refractivity contribution in [3.8, 4) is 0 Å². The van der Waals surface area contributed by atoms with Gasteiger partial charge in [0.05, 0.1) is 11.9 Å². The minimum Gasteiger partial charge on any atom is -0.384 e. The van der Waals surface area contributed by atoms with Gasteiger partial charge in [-0.3, -0.25) is 9.71 Å². The molecular weight excluding hydrogens is 226 g/mol. The third-order valence-electron chi connectivity index (χ3n) is 2.15. The van der Waals surface area contributed by atoms with Crippen molar-refractivity contribution < 1.29 is 8.42 Å². The Morgan fingerprint density at radius 2 is 1.88 bits per heavy atom. The van der Waals surface area contributed by atoms with E-state index in [1.807, 2.05) is 0 Å². The van der Waals surface area contributed by atoms with Crippen molar-refractivity contribution in [2.24, 2.45) is 5.73 Å². The highest BCUT2D eigenvalue weighted by atomic mass is 32.2. The molecule has 0 unspecified atom stereocenters. The summed E-state index contributed by atoms with van der Waals surface area (Å²) in [6.45, 7) is 2.14. The largest absolute Gasteiger partial charge is 0.384 e. The number of hydrogen-bond acceptors (Lipinski definition) is 3. The fourth-order valence-electron chi connectivity index (χ4n) is 1.42. The second-order valence-electron chi connectivity index (χ2n) is 3.39. The maximum atomic E-state index is 11.4. The molecule has 6 heteroatoms. The lowest BCUT2D eigenvalue weighted by Crippen LogP contribution is -2.29. The number of nitrogens with one attached hydrogen (secondary N) is 1. The molecule has 0 atom stereocenters. The fraction of sp³-hybridized carbons (Fsp3) is 0.300. The Labute approximate surface area is 95.4 Å². The smallest absolute Gasteiger partial charge is 0.232 e. The van der Waals surface area contributed by atoms with Crippen LogP contribution >= 0.6 is 0 Å². The Hall–Kier alpha value is -1.56. The number of amidine groups is 1. The van der Waals surface area contributed by atoms with E-state index in [1.165, 1.54) is 4.31 Å². The summed E-state index contributed by atoms with van der Waals surface area (Å²) in [6, 6.07) is 6.54. The SMILES string of the molecule is CCN(c1ccc(C(=N)N)cc1)S(C)(=O)=O. The molecule has 3 N–H and O–H groups in total. The molecule has 1 rings (SSSR count). The highest BCUT2D eigenvalue weighted by Gasteiger charge is 2.14. The molecule has 0 aliphatic carbocycles. The van der Waals surface area contributed by atoms with Gasteiger partial charge in [0, 0.05) is 12.1 Å². The lowest BCUT2D eigenvalue weighted by atomic mass is 10.2. The normalized spacial score (nSPS) is 11.1. The third-order valence-corrected chi connectivity index (χ3v) is 3.42. The zero-order valence-electron chi connectivity index (χ0n) is 9.27. The minimum absolute atomic E-state index is 0.0334. The summed E-state index contributed by atoms with van der Waals surface area (Å²) in [4.78, 5) is 0. The Bertz CT molecular complexity index is 479. The van der Waals surface area contributed by atoms with E-state index in [0.717, 1.165) is 6.26 Å². The van der Waals surface area contributed by atoms with E-state index in [2.05, 4.69) is 0 Å². The topological polar surface area (TPSA) is 87.2 Å². The van der Waals surface area contributed by atoms with Crippen molar-refractivity contribution in [3.05, 3.63) is 29.8 Å². The molecular formula is C10H15N3O2S. The van der Waals surface area contributed by atoms with Crippen LogP contribution in [0.25, 0.3) is 0 Å². The number of benzene rings is 1. The summed E-state index contributed by atoms with van der Waals surface area (Å²) < 4.78 is 24.2. The van der Waals surface area contributed by atoms with E-state index in [1.54, 1.807) is 31.2 Å². The summed E-state index contributed by atoms with van der Waals surface area (Å²) >= 11 is 0. The van der Waals surface area contributed by atoms with Crippen molar-refractivity contribution in [2.75, 3.05) is 17.1 Å². The van der Waals surface area contributed by atoms with Crippen LogP contribution in [0.15, 0.2) is 24.3 Å². The van der Waals surface area contributed by atoms with E-state index in [-0.39, 0.29) is 5.84 Å². The second kappa shape index (κ2) is 4.52. The van der Waals surface area contributed by atoms with E-state index in [0.29, 0.717) is 17.8 Å². The van der Waals surface area contributed by atoms with E-state index < -0.39 is 10.0 Å². The monoisotopic (exact) mass is 241 g/mol. The summed E-state index contributed by atoms with van der Waals surface area (Å²) in [5.41, 5.74) is 6.47. The molecule has 1 aromatic carbocycles. The van der Waals surface area contributed by atoms with Crippen molar-refractivity contribution in [1.82, 2.24) is 0 Å². The molecule has 0 heterocycles. The molecule has 0 aliphatic heterocycles. The van der Waals surface area contributed by atoms with Crippen LogP contribution in [0.1, 0.15) is 12.5 Å². The zero-order chi connectivity index (χ0) is 12.3. The summed E-state index contributed by atoms with van der Waals surface area (Å²) in [7, 11) is -3.25. The Morgan fingerprint density at radius 1 is 1.38 bits per heavy atom. The molecule has 88 valence electrons. The predicted octanol–water partition coefficient (Wildman–Crippen LogP) is 0.757. The number of anilines is 1. The summed E-state index contributed by atoms with van der Waals surface area (Å²) in [5, 5.41) is 7.23. The maximum Gasteiger partial charge on any atom is 0.232 e. The van der Waals surface area contributed by atoms with Gasteiger partial charge in [-0.25, -0.2) is 8.42 Å². The highest BCUT2D eigenvalue weighted by molar-refractivity contribution is 7.92. The van der Waals surface area contributed by atoms with Gasteiger partial charge >= 0.3 is 0 Å². The van der Waals surface area contributed by atoms with Gasteiger partial charge in [-0.05, 0) is 31.2 Å². The van der Waals surface area contributed by atoms with Gasteiger partial charge in [0.25, 0.3) is 0 Å². The Morgan fingerprint density at radius 3 is 2.19 bits per heavy atom. The van der Waals surface area contributed by atoms with E-state index >= 15 is 0 Å². The molecule has 0 aromatic heterocycles. The minimum atomic E-state index is -3.25. The van der Waals surface area contributed by atoms with Crippen LogP contribution in [0, 0.1) is 5.41 Å². The second-order valence-corrected chi connectivity index (χ2v) is 5.30. The Balaban J connectivity index is 3.10. The molecule has 1 aromatic rings. The molecule has 0 radical (unpaired) electrons. The predicted molar refractivity (Wildman–Crippen MR) is 65.3 cm³/mol.